The predicted octanol–water partition coefficient (Wildman–Crippen LogP) is 3.65. The van der Waals surface area contributed by atoms with Crippen molar-refractivity contribution in [2.45, 2.75) is 38.4 Å². The Morgan fingerprint density at radius 3 is 2.65 bits per heavy atom. The van der Waals surface area contributed by atoms with Crippen molar-refractivity contribution in [3.63, 3.8) is 0 Å². The summed E-state index contributed by atoms with van der Waals surface area (Å²) in [6, 6.07) is 6.23. The van der Waals surface area contributed by atoms with E-state index in [4.69, 9.17) is 0 Å². The second kappa shape index (κ2) is 4.65. The van der Waals surface area contributed by atoms with Gasteiger partial charge in [-0.05, 0) is 51.3 Å². The normalized spacial score (nSPS) is 19.4. The Hall–Kier alpha value is -0.480. The minimum Gasteiger partial charge on any atom is -0.234 e. The van der Waals surface area contributed by atoms with Crippen LogP contribution in [0.15, 0.2) is 27.1 Å². The summed E-state index contributed by atoms with van der Waals surface area (Å²) < 4.78 is 17.2. The first kappa shape index (κ1) is 13.0. The predicted molar refractivity (Wildman–Crippen MR) is 76.9 cm³/mol. The van der Waals surface area contributed by atoms with E-state index >= 15 is 0 Å². The van der Waals surface area contributed by atoms with E-state index in [9.17, 15) is 4.21 Å². The standard InChI is InChI=1S/C13H16BrNOS/c1-13(2,3)17(16)15-12-7-5-9-4-6-10(14)8-11(9)12/h4,6,8H,5,7H2,1-3H3/b15-12+/t17-/m1/s1. The number of nitrogens with zero attached hydrogens (tertiary/aromatic N) is 1. The molecule has 92 valence electrons. The maximum atomic E-state index is 12.0. The van der Waals surface area contributed by atoms with E-state index in [0.717, 1.165) is 28.6 Å². The van der Waals surface area contributed by atoms with Crippen molar-refractivity contribution in [2.75, 3.05) is 0 Å². The molecule has 0 aliphatic heterocycles. The van der Waals surface area contributed by atoms with Crippen LogP contribution in [-0.4, -0.2) is 14.7 Å². The molecule has 0 aromatic heterocycles. The Bertz CT molecular complexity index is 503. The lowest BCUT2D eigenvalue weighted by Gasteiger charge is -2.14. The first-order chi connectivity index (χ1) is 7.88. The molecule has 2 nitrogen and oxygen atoms in total. The van der Waals surface area contributed by atoms with E-state index < -0.39 is 11.0 Å². The zero-order chi connectivity index (χ0) is 12.6. The fraction of sp³-hybridized carbons (Fsp3) is 0.462. The van der Waals surface area contributed by atoms with Crippen molar-refractivity contribution in [1.82, 2.24) is 0 Å². The summed E-state index contributed by atoms with van der Waals surface area (Å²) in [7, 11) is -1.17. The van der Waals surface area contributed by atoms with Gasteiger partial charge < -0.3 is 0 Å². The first-order valence-electron chi connectivity index (χ1n) is 5.66. The molecule has 1 atom stereocenters. The van der Waals surface area contributed by atoms with Gasteiger partial charge >= 0.3 is 0 Å². The number of hydrogen-bond acceptors (Lipinski definition) is 1. The maximum Gasteiger partial charge on any atom is 0.145 e. The quantitative estimate of drug-likeness (QED) is 0.778. The minimum absolute atomic E-state index is 0.290. The number of aryl methyl sites for hydroxylation is 1. The van der Waals surface area contributed by atoms with Crippen LogP contribution in [0.2, 0.25) is 0 Å². The summed E-state index contributed by atoms with van der Waals surface area (Å²) in [4.78, 5) is 0. The van der Waals surface area contributed by atoms with E-state index in [0.29, 0.717) is 0 Å². The van der Waals surface area contributed by atoms with Crippen molar-refractivity contribution < 1.29 is 4.21 Å². The number of hydrogen-bond donors (Lipinski definition) is 0. The van der Waals surface area contributed by atoms with Crippen LogP contribution in [0, 0.1) is 0 Å². The molecule has 0 radical (unpaired) electrons. The van der Waals surface area contributed by atoms with Gasteiger partial charge in [-0.15, -0.1) is 0 Å². The first-order valence-corrected chi connectivity index (χ1v) is 7.56. The van der Waals surface area contributed by atoms with Gasteiger partial charge in [0.25, 0.3) is 0 Å². The summed E-state index contributed by atoms with van der Waals surface area (Å²) >= 11 is 3.47. The van der Waals surface area contributed by atoms with E-state index in [2.05, 4.69) is 32.5 Å². The molecular weight excluding hydrogens is 298 g/mol. The van der Waals surface area contributed by atoms with Crippen molar-refractivity contribution in [1.29, 1.82) is 0 Å². The number of benzene rings is 1. The van der Waals surface area contributed by atoms with Gasteiger partial charge in [-0.25, -0.2) is 4.21 Å². The monoisotopic (exact) mass is 313 g/mol. The summed E-state index contributed by atoms with van der Waals surface area (Å²) in [5, 5.41) is 0. The maximum absolute atomic E-state index is 12.0. The molecule has 1 aliphatic carbocycles. The Kier molecular flexibility index (Phi) is 3.55. The lowest BCUT2D eigenvalue weighted by molar-refractivity contribution is 0.650. The van der Waals surface area contributed by atoms with Crippen LogP contribution in [0.4, 0.5) is 0 Å². The zero-order valence-corrected chi connectivity index (χ0v) is 12.7. The van der Waals surface area contributed by atoms with Crippen molar-refractivity contribution in [3.05, 3.63) is 33.8 Å². The molecule has 0 heterocycles. The molecule has 1 aromatic carbocycles. The molecule has 0 N–H and O–H groups in total. The second-order valence-electron chi connectivity index (χ2n) is 5.20. The number of rotatable bonds is 1. The highest BCUT2D eigenvalue weighted by Crippen LogP contribution is 2.27. The summed E-state index contributed by atoms with van der Waals surface area (Å²) in [6.07, 6.45) is 1.90. The summed E-state index contributed by atoms with van der Waals surface area (Å²) in [5.74, 6) is 0. The molecule has 1 aromatic rings. The average Bonchev–Trinajstić information content (AvgIpc) is 2.60. The molecule has 4 heteroatoms. The second-order valence-corrected chi connectivity index (χ2v) is 8.02. The zero-order valence-electron chi connectivity index (χ0n) is 10.3. The molecule has 0 unspecified atom stereocenters. The van der Waals surface area contributed by atoms with Crippen LogP contribution in [0.3, 0.4) is 0 Å². The van der Waals surface area contributed by atoms with Crippen LogP contribution in [0.1, 0.15) is 38.3 Å². The fourth-order valence-corrected chi connectivity index (χ4v) is 2.78. The highest BCUT2D eigenvalue weighted by atomic mass is 79.9. The number of halogens is 1. The highest BCUT2D eigenvalue weighted by molar-refractivity contribution is 9.10. The average molecular weight is 314 g/mol. The van der Waals surface area contributed by atoms with Gasteiger partial charge in [0.1, 0.15) is 11.0 Å². The SMILES string of the molecule is CC(C)(C)[S@@](=O)/N=C1\CCc2ccc(Br)cc21. The summed E-state index contributed by atoms with van der Waals surface area (Å²) in [6.45, 7) is 5.85. The third-order valence-electron chi connectivity index (χ3n) is 2.73. The molecule has 0 saturated heterocycles. The van der Waals surface area contributed by atoms with Crippen LogP contribution in [-0.2, 0) is 17.4 Å². The molecule has 0 spiro atoms. The van der Waals surface area contributed by atoms with Crippen LogP contribution >= 0.6 is 15.9 Å². The topological polar surface area (TPSA) is 29.4 Å². The van der Waals surface area contributed by atoms with Crippen molar-refractivity contribution in [2.24, 2.45) is 4.40 Å². The molecule has 0 fully saturated rings. The molecule has 0 bridgehead atoms. The molecule has 0 amide bonds. The molecule has 17 heavy (non-hydrogen) atoms. The molecule has 0 saturated carbocycles. The van der Waals surface area contributed by atoms with Crippen LogP contribution in [0.5, 0.6) is 0 Å². The van der Waals surface area contributed by atoms with Gasteiger partial charge in [0.2, 0.25) is 0 Å². The van der Waals surface area contributed by atoms with Gasteiger partial charge in [-0.3, -0.25) is 0 Å². The third-order valence-corrected chi connectivity index (χ3v) is 4.66. The Morgan fingerprint density at radius 2 is 2.00 bits per heavy atom. The lowest BCUT2D eigenvalue weighted by Crippen LogP contribution is -2.20. The largest absolute Gasteiger partial charge is 0.234 e. The Labute approximate surface area is 113 Å². The van der Waals surface area contributed by atoms with Crippen molar-refractivity contribution >= 4 is 32.6 Å². The van der Waals surface area contributed by atoms with Crippen LogP contribution in [0.25, 0.3) is 0 Å². The molecule has 1 aliphatic rings. The number of fused-ring (bicyclic) bond motifs is 1. The van der Waals surface area contributed by atoms with Gasteiger partial charge in [0, 0.05) is 10.0 Å². The van der Waals surface area contributed by atoms with Gasteiger partial charge in [0.15, 0.2) is 0 Å². The Balaban J connectivity index is 2.37. The van der Waals surface area contributed by atoms with Crippen molar-refractivity contribution in [3.8, 4) is 0 Å². The van der Waals surface area contributed by atoms with E-state index in [1.165, 1.54) is 5.56 Å². The molecule has 2 rings (SSSR count). The van der Waals surface area contributed by atoms with Gasteiger partial charge in [0.05, 0.1) is 10.5 Å². The van der Waals surface area contributed by atoms with Crippen LogP contribution < -0.4 is 0 Å². The Morgan fingerprint density at radius 1 is 1.29 bits per heavy atom. The van der Waals surface area contributed by atoms with E-state index in [1.807, 2.05) is 26.8 Å². The third kappa shape index (κ3) is 2.86. The molecular formula is C13H16BrNOS. The minimum atomic E-state index is -1.17. The summed E-state index contributed by atoms with van der Waals surface area (Å²) in [5.41, 5.74) is 3.43. The fourth-order valence-electron chi connectivity index (χ4n) is 1.75. The van der Waals surface area contributed by atoms with E-state index in [-0.39, 0.29) is 4.75 Å². The van der Waals surface area contributed by atoms with E-state index in [1.54, 1.807) is 0 Å². The lowest BCUT2D eigenvalue weighted by atomic mass is 10.1. The highest BCUT2D eigenvalue weighted by Gasteiger charge is 2.23. The smallest absolute Gasteiger partial charge is 0.145 e. The van der Waals surface area contributed by atoms with Gasteiger partial charge in [-0.1, -0.05) is 22.0 Å². The van der Waals surface area contributed by atoms with Gasteiger partial charge in [-0.2, -0.15) is 4.40 Å².